The second-order valence-electron chi connectivity index (χ2n) is 5.76. The molecule has 112 valence electrons. The highest BCUT2D eigenvalue weighted by Crippen LogP contribution is 2.43. The molecule has 3 atom stereocenters. The van der Waals surface area contributed by atoms with Gasteiger partial charge in [-0.25, -0.2) is 0 Å². The summed E-state index contributed by atoms with van der Waals surface area (Å²) >= 11 is 0. The highest BCUT2D eigenvalue weighted by molar-refractivity contribution is 5.98. The average Bonchev–Trinajstić information content (AvgIpc) is 2.41. The molecule has 0 bridgehead atoms. The number of nitrogens with zero attached hydrogens (tertiary/aromatic N) is 2. The Balaban J connectivity index is 2.11. The van der Waals surface area contributed by atoms with E-state index in [-0.39, 0.29) is 24.1 Å². The van der Waals surface area contributed by atoms with Gasteiger partial charge in [-0.05, 0) is 13.3 Å². The van der Waals surface area contributed by atoms with Gasteiger partial charge in [-0.15, -0.1) is 0 Å². The van der Waals surface area contributed by atoms with Crippen LogP contribution in [0.1, 0.15) is 19.8 Å². The molecule has 0 aliphatic carbocycles. The van der Waals surface area contributed by atoms with Crippen LogP contribution < -0.4 is 5.32 Å². The first-order chi connectivity index (χ1) is 9.32. The smallest absolute Gasteiger partial charge is 0.245 e. The number of aliphatic hydroxyl groups is 1. The molecule has 20 heavy (non-hydrogen) atoms. The molecular formula is C13H21N3O4. The minimum absolute atomic E-state index is 0.0437. The summed E-state index contributed by atoms with van der Waals surface area (Å²) in [5, 5.41) is 12.2. The Labute approximate surface area is 117 Å². The van der Waals surface area contributed by atoms with E-state index in [4.69, 9.17) is 0 Å². The number of carbonyl (C=O) groups excluding carboxylic acids is 3. The molecule has 0 radical (unpaired) electrons. The summed E-state index contributed by atoms with van der Waals surface area (Å²) < 4.78 is 0. The lowest BCUT2D eigenvalue weighted by atomic mass is 9.70. The van der Waals surface area contributed by atoms with Gasteiger partial charge in [0, 0.05) is 33.6 Å². The Morgan fingerprint density at radius 2 is 2.10 bits per heavy atom. The number of hydrogen-bond donors (Lipinski definition) is 2. The summed E-state index contributed by atoms with van der Waals surface area (Å²) in [5.74, 6) is -0.631. The Kier molecular flexibility index (Phi) is 3.73. The zero-order valence-electron chi connectivity index (χ0n) is 12.0. The van der Waals surface area contributed by atoms with Crippen molar-refractivity contribution in [3.05, 3.63) is 0 Å². The zero-order chi connectivity index (χ0) is 15.1. The number of likely N-dealkylation sites (tertiary alicyclic amines) is 2. The molecule has 1 spiro atoms. The number of piperidine rings is 1. The lowest BCUT2D eigenvalue weighted by Gasteiger charge is -2.54. The van der Waals surface area contributed by atoms with Crippen molar-refractivity contribution in [2.75, 3.05) is 27.2 Å². The van der Waals surface area contributed by atoms with Crippen LogP contribution in [-0.4, -0.2) is 72.0 Å². The molecule has 2 aliphatic heterocycles. The van der Waals surface area contributed by atoms with Crippen molar-refractivity contribution in [3.8, 4) is 0 Å². The van der Waals surface area contributed by atoms with Crippen LogP contribution in [0.15, 0.2) is 0 Å². The number of amides is 3. The van der Waals surface area contributed by atoms with Crippen molar-refractivity contribution in [1.82, 2.24) is 15.1 Å². The van der Waals surface area contributed by atoms with E-state index in [0.717, 1.165) is 0 Å². The Bertz CT molecular complexity index is 451. The summed E-state index contributed by atoms with van der Waals surface area (Å²) in [6, 6.07) is -0.882. The fourth-order valence-corrected chi connectivity index (χ4v) is 3.01. The average molecular weight is 283 g/mol. The second kappa shape index (κ2) is 5.05. The van der Waals surface area contributed by atoms with E-state index in [2.05, 4.69) is 5.32 Å². The molecule has 0 aromatic heterocycles. The molecule has 1 unspecified atom stereocenters. The van der Waals surface area contributed by atoms with Gasteiger partial charge >= 0.3 is 0 Å². The van der Waals surface area contributed by atoms with Gasteiger partial charge in [-0.2, -0.15) is 0 Å². The highest BCUT2D eigenvalue weighted by Gasteiger charge is 2.58. The van der Waals surface area contributed by atoms with Gasteiger partial charge in [0.25, 0.3) is 0 Å². The van der Waals surface area contributed by atoms with Crippen molar-refractivity contribution >= 4 is 17.7 Å². The monoisotopic (exact) mass is 283 g/mol. The maximum Gasteiger partial charge on any atom is 0.245 e. The molecule has 0 aromatic rings. The standard InChI is InChI=1S/C13H21N3O4/c1-8(17)10(11(19)14-2)16-7-13(12(16)20)4-5-15(3)9(18)6-13/h8,10,17H,4-7H2,1-3H3,(H,14,19)/t8-,10+,13?/m1/s1. The minimum atomic E-state index is -0.946. The quantitative estimate of drug-likeness (QED) is 0.621. The largest absolute Gasteiger partial charge is 0.391 e. The van der Waals surface area contributed by atoms with Crippen molar-refractivity contribution in [2.45, 2.75) is 31.9 Å². The maximum atomic E-state index is 12.4. The maximum absolute atomic E-state index is 12.4. The number of hydrogen-bond acceptors (Lipinski definition) is 4. The third-order valence-electron chi connectivity index (χ3n) is 4.34. The summed E-state index contributed by atoms with van der Waals surface area (Å²) in [6.45, 7) is 2.39. The van der Waals surface area contributed by atoms with Gasteiger partial charge in [0.15, 0.2) is 0 Å². The summed E-state index contributed by atoms with van der Waals surface area (Å²) in [7, 11) is 3.19. The van der Waals surface area contributed by atoms with Crippen LogP contribution in [-0.2, 0) is 14.4 Å². The first-order valence-corrected chi connectivity index (χ1v) is 6.77. The Morgan fingerprint density at radius 3 is 2.55 bits per heavy atom. The number of aliphatic hydroxyl groups excluding tert-OH is 1. The lowest BCUT2D eigenvalue weighted by molar-refractivity contribution is -0.179. The van der Waals surface area contributed by atoms with Gasteiger partial charge in [0.05, 0.1) is 11.5 Å². The molecule has 0 saturated carbocycles. The van der Waals surface area contributed by atoms with E-state index < -0.39 is 17.6 Å². The van der Waals surface area contributed by atoms with Crippen molar-refractivity contribution in [1.29, 1.82) is 0 Å². The molecular weight excluding hydrogens is 262 g/mol. The van der Waals surface area contributed by atoms with Crippen LogP contribution in [0.5, 0.6) is 0 Å². The fraction of sp³-hybridized carbons (Fsp3) is 0.769. The van der Waals surface area contributed by atoms with Crippen LogP contribution in [0.25, 0.3) is 0 Å². The normalized spacial score (nSPS) is 29.2. The molecule has 2 rings (SSSR count). The summed E-state index contributed by atoms with van der Waals surface area (Å²) in [5.41, 5.74) is -0.662. The van der Waals surface area contributed by atoms with E-state index in [0.29, 0.717) is 19.5 Å². The van der Waals surface area contributed by atoms with Gasteiger partial charge in [-0.1, -0.05) is 0 Å². The zero-order valence-corrected chi connectivity index (χ0v) is 12.0. The highest BCUT2D eigenvalue weighted by atomic mass is 16.3. The third-order valence-corrected chi connectivity index (χ3v) is 4.34. The van der Waals surface area contributed by atoms with E-state index >= 15 is 0 Å². The van der Waals surface area contributed by atoms with Crippen molar-refractivity contribution in [3.63, 3.8) is 0 Å². The number of rotatable bonds is 3. The van der Waals surface area contributed by atoms with Crippen LogP contribution in [0.4, 0.5) is 0 Å². The fourth-order valence-electron chi connectivity index (χ4n) is 3.01. The van der Waals surface area contributed by atoms with Gasteiger partial charge in [0.1, 0.15) is 6.04 Å². The molecule has 2 fully saturated rings. The first kappa shape index (κ1) is 14.8. The van der Waals surface area contributed by atoms with Gasteiger partial charge in [-0.3, -0.25) is 14.4 Å². The van der Waals surface area contributed by atoms with Crippen LogP contribution in [0.3, 0.4) is 0 Å². The molecule has 3 amide bonds. The van der Waals surface area contributed by atoms with Gasteiger partial charge in [0.2, 0.25) is 17.7 Å². The predicted molar refractivity (Wildman–Crippen MR) is 70.6 cm³/mol. The first-order valence-electron chi connectivity index (χ1n) is 6.77. The predicted octanol–water partition coefficient (Wildman–Crippen LogP) is -1.44. The van der Waals surface area contributed by atoms with Gasteiger partial charge < -0.3 is 20.2 Å². The third kappa shape index (κ3) is 2.15. The van der Waals surface area contributed by atoms with E-state index in [1.54, 1.807) is 11.9 Å². The number of likely N-dealkylation sites (N-methyl/N-ethyl adjacent to an activating group) is 1. The minimum Gasteiger partial charge on any atom is -0.391 e. The molecule has 2 aliphatic rings. The van der Waals surface area contributed by atoms with E-state index in [1.807, 2.05) is 0 Å². The Morgan fingerprint density at radius 1 is 1.45 bits per heavy atom. The topological polar surface area (TPSA) is 89.9 Å². The van der Waals surface area contributed by atoms with Crippen LogP contribution in [0.2, 0.25) is 0 Å². The molecule has 2 saturated heterocycles. The molecule has 2 heterocycles. The van der Waals surface area contributed by atoms with Crippen LogP contribution >= 0.6 is 0 Å². The SMILES string of the molecule is CNC(=O)[C@H]([C@@H](C)O)N1CC2(CCN(C)C(=O)C2)C1=O. The molecule has 2 N–H and O–H groups in total. The molecule has 7 nitrogen and oxygen atoms in total. The number of carbonyl (C=O) groups is 3. The number of β-lactam (4-membered cyclic amide) rings is 1. The molecule has 0 aromatic carbocycles. The summed E-state index contributed by atoms with van der Waals surface area (Å²) in [4.78, 5) is 39.0. The second-order valence-corrected chi connectivity index (χ2v) is 5.76. The van der Waals surface area contributed by atoms with E-state index in [9.17, 15) is 19.5 Å². The lowest BCUT2D eigenvalue weighted by Crippen LogP contribution is -2.71. The van der Waals surface area contributed by atoms with Crippen molar-refractivity contribution in [2.24, 2.45) is 5.41 Å². The Hall–Kier alpha value is -1.63. The van der Waals surface area contributed by atoms with Crippen molar-refractivity contribution < 1.29 is 19.5 Å². The van der Waals surface area contributed by atoms with Crippen LogP contribution in [0, 0.1) is 5.41 Å². The molecule has 7 heteroatoms. The van der Waals surface area contributed by atoms with E-state index in [1.165, 1.54) is 18.9 Å². The number of nitrogens with one attached hydrogen (secondary N) is 1. The summed E-state index contributed by atoms with van der Waals surface area (Å²) in [6.07, 6.45) is -0.137.